The summed E-state index contributed by atoms with van der Waals surface area (Å²) in [4.78, 5) is 72.4. The van der Waals surface area contributed by atoms with Gasteiger partial charge in [0.05, 0.1) is 43.0 Å². The van der Waals surface area contributed by atoms with Gasteiger partial charge in [0.15, 0.2) is 0 Å². The van der Waals surface area contributed by atoms with Gasteiger partial charge >= 0.3 is 12.2 Å². The highest BCUT2D eigenvalue weighted by Gasteiger charge is 2.58. The second kappa shape index (κ2) is 17.2. The Hall–Kier alpha value is -6.46. The number of likely N-dealkylation sites (tertiary alicyclic amines) is 2. The van der Waals surface area contributed by atoms with Crippen LogP contribution in [0.15, 0.2) is 73.1 Å². The van der Waals surface area contributed by atoms with Crippen LogP contribution in [0.3, 0.4) is 0 Å². The molecule has 362 valence electrons. The average molecular weight is 951 g/mol. The Morgan fingerprint density at radius 2 is 1.07 bits per heavy atom. The lowest BCUT2D eigenvalue weighted by Crippen LogP contribution is -2.54. The number of methoxy groups -OCH3 is 1. The maximum atomic E-state index is 14.3. The van der Waals surface area contributed by atoms with Gasteiger partial charge in [-0.05, 0) is 115 Å². The lowest BCUT2D eigenvalue weighted by molar-refractivity contribution is -0.139. The van der Waals surface area contributed by atoms with E-state index in [1.165, 1.54) is 7.11 Å². The number of nitrogens with zero attached hydrogens (tertiary/aromatic N) is 4. The van der Waals surface area contributed by atoms with E-state index in [1.807, 2.05) is 35.2 Å². The molecule has 6 fully saturated rings. The summed E-state index contributed by atoms with van der Waals surface area (Å²) < 4.78 is 61.0. The predicted octanol–water partition coefficient (Wildman–Crippen LogP) is 9.62. The lowest BCUT2D eigenvalue weighted by atomic mass is 9.81. The number of nitrogens with one attached hydrogen (secondary N) is 4. The van der Waals surface area contributed by atoms with Gasteiger partial charge in [0.25, 0.3) is 0 Å². The van der Waals surface area contributed by atoms with Crippen LogP contribution in [0, 0.1) is 23.7 Å². The van der Waals surface area contributed by atoms with Gasteiger partial charge in [-0.2, -0.15) is 0 Å². The molecule has 14 nitrogen and oxygen atoms in total. The molecule has 2 aliphatic heterocycles. The van der Waals surface area contributed by atoms with Crippen molar-refractivity contribution in [3.05, 3.63) is 84.7 Å². The molecule has 0 radical (unpaired) electrons. The summed E-state index contributed by atoms with van der Waals surface area (Å²) >= 11 is 0. The molecule has 4 saturated carbocycles. The van der Waals surface area contributed by atoms with Crippen LogP contribution in [0.1, 0.15) is 101 Å². The number of fused-ring (bicyclic) bond motifs is 3. The zero-order chi connectivity index (χ0) is 47.9. The number of hydrogen-bond donors (Lipinski definition) is 5. The molecule has 0 unspecified atom stereocenters. The van der Waals surface area contributed by atoms with E-state index in [9.17, 15) is 41.8 Å². The standard InChI is InChI=1S/C51H54F4N8O6/c1-69-49(68)61-43(29-12-16-51(54,55)17-13-29)47(65)63-39-21-35(39)23-41(63)45-57-25-37(59-45)33-9-8-31-18-30(6-7-32(31)19-33)26-2-4-27(5-3-26)36-24-56-44(58-36)40-22-34-20-38(34)62(40)46(64)42(60-48(66)67)28-10-14-50(52,53)15-11-28/h2-9,18-19,24-25,28-29,34-35,38-43,60H,10-17,20-23H2,1H3,(H,56,58)(H,57,59)(H,61,68)(H,66,67)/t34-,35-,38-,39-,40+,41+,42+,43+/m1/s1. The number of amides is 4. The Morgan fingerprint density at radius 3 is 1.57 bits per heavy atom. The molecule has 6 aliphatic rings. The first-order valence-electron chi connectivity index (χ1n) is 24.1. The maximum Gasteiger partial charge on any atom is 0.407 e. The second-order valence-corrected chi connectivity index (χ2v) is 20.3. The van der Waals surface area contributed by atoms with Crippen molar-refractivity contribution in [1.82, 2.24) is 40.4 Å². The number of aromatic nitrogens is 4. The fourth-order valence-corrected chi connectivity index (χ4v) is 12.0. The van der Waals surface area contributed by atoms with E-state index in [-0.39, 0.29) is 93.3 Å². The van der Waals surface area contributed by atoms with Crippen LogP contribution in [-0.4, -0.2) is 102 Å². The Morgan fingerprint density at radius 1 is 0.638 bits per heavy atom. The fourth-order valence-electron chi connectivity index (χ4n) is 12.0. The van der Waals surface area contributed by atoms with Crippen LogP contribution >= 0.6 is 0 Å². The summed E-state index contributed by atoms with van der Waals surface area (Å²) in [7, 11) is 1.22. The van der Waals surface area contributed by atoms with E-state index in [4.69, 9.17) is 9.72 Å². The lowest BCUT2D eigenvalue weighted by Gasteiger charge is -2.37. The molecule has 4 amide bonds. The van der Waals surface area contributed by atoms with Gasteiger partial charge in [-0.15, -0.1) is 0 Å². The van der Waals surface area contributed by atoms with Gasteiger partial charge in [0.2, 0.25) is 23.7 Å². The quantitative estimate of drug-likeness (QED) is 0.0811. The molecule has 69 heavy (non-hydrogen) atoms. The highest BCUT2D eigenvalue weighted by molar-refractivity contribution is 5.91. The molecule has 0 bridgehead atoms. The van der Waals surface area contributed by atoms with Crippen LogP contribution in [0.25, 0.3) is 44.4 Å². The Bertz CT molecular complexity index is 2800. The number of halogens is 4. The Balaban J connectivity index is 0.762. The van der Waals surface area contributed by atoms with Crippen LogP contribution in [0.2, 0.25) is 0 Å². The number of benzene rings is 3. The molecule has 8 atom stereocenters. The van der Waals surface area contributed by atoms with Crippen LogP contribution < -0.4 is 10.6 Å². The zero-order valence-corrected chi connectivity index (χ0v) is 38.0. The first-order chi connectivity index (χ1) is 33.1. The van der Waals surface area contributed by atoms with Gasteiger partial charge in [-0.25, -0.2) is 37.1 Å². The summed E-state index contributed by atoms with van der Waals surface area (Å²) in [6, 6.07) is 17.7. The van der Waals surface area contributed by atoms with Crippen molar-refractivity contribution in [3.8, 4) is 33.6 Å². The van der Waals surface area contributed by atoms with E-state index in [0.29, 0.717) is 24.0 Å². The minimum Gasteiger partial charge on any atom is -0.465 e. The van der Waals surface area contributed by atoms with Gasteiger partial charge in [-0.1, -0.05) is 48.5 Å². The maximum absolute atomic E-state index is 14.3. The van der Waals surface area contributed by atoms with Crippen molar-refractivity contribution >= 4 is 34.8 Å². The molecule has 4 aliphatic carbocycles. The summed E-state index contributed by atoms with van der Waals surface area (Å²) in [6.45, 7) is 0. The van der Waals surface area contributed by atoms with E-state index in [2.05, 4.69) is 55.9 Å². The average Bonchev–Trinajstić information content (AvgIpc) is 3.92. The third-order valence-corrected chi connectivity index (χ3v) is 16.0. The molecule has 2 aromatic heterocycles. The number of alkyl halides is 4. The molecule has 5 N–H and O–H groups in total. The summed E-state index contributed by atoms with van der Waals surface area (Å²) in [6.07, 6.45) is 3.47. The number of carboxylic acid groups (broad SMARTS) is 1. The number of carbonyl (C=O) groups excluding carboxylic acids is 3. The van der Waals surface area contributed by atoms with Crippen LogP contribution in [0.5, 0.6) is 0 Å². The molecule has 5 aromatic rings. The number of H-pyrrole nitrogens is 2. The number of imidazole rings is 2. The second-order valence-electron chi connectivity index (χ2n) is 20.3. The predicted molar refractivity (Wildman–Crippen MR) is 245 cm³/mol. The van der Waals surface area contributed by atoms with Crippen molar-refractivity contribution in [2.75, 3.05) is 7.11 Å². The summed E-state index contributed by atoms with van der Waals surface area (Å²) in [5.74, 6) is -5.33. The van der Waals surface area contributed by atoms with E-state index in [0.717, 1.165) is 63.7 Å². The number of hydrogen-bond acceptors (Lipinski definition) is 7. The minimum atomic E-state index is -2.80. The minimum absolute atomic E-state index is 0.00672. The van der Waals surface area contributed by atoms with Gasteiger partial charge in [0, 0.05) is 43.3 Å². The first-order valence-corrected chi connectivity index (χ1v) is 24.1. The van der Waals surface area contributed by atoms with Crippen molar-refractivity contribution in [1.29, 1.82) is 0 Å². The van der Waals surface area contributed by atoms with Gasteiger partial charge < -0.3 is 40.2 Å². The molecule has 18 heteroatoms. The molecule has 4 heterocycles. The fraction of sp³-hybridized carbons (Fsp3) is 0.490. The van der Waals surface area contributed by atoms with Crippen LogP contribution in [-0.2, 0) is 14.3 Å². The molecular weight excluding hydrogens is 897 g/mol. The smallest absolute Gasteiger partial charge is 0.407 e. The monoisotopic (exact) mass is 950 g/mol. The van der Waals surface area contributed by atoms with Crippen molar-refractivity contribution < 1.29 is 46.6 Å². The summed E-state index contributed by atoms with van der Waals surface area (Å²) in [5.41, 5.74) is 5.40. The van der Waals surface area contributed by atoms with E-state index < -0.39 is 48.0 Å². The number of rotatable bonds is 11. The highest BCUT2D eigenvalue weighted by Crippen LogP contribution is 2.55. The number of carbonyl (C=O) groups is 4. The van der Waals surface area contributed by atoms with Gasteiger partial charge in [-0.3, -0.25) is 9.59 Å². The van der Waals surface area contributed by atoms with Crippen LogP contribution in [0.4, 0.5) is 27.2 Å². The number of aromatic amines is 2. The zero-order valence-electron chi connectivity index (χ0n) is 38.0. The Kier molecular flexibility index (Phi) is 11.2. The molecule has 3 aromatic carbocycles. The number of piperidine rings is 2. The van der Waals surface area contributed by atoms with Crippen molar-refractivity contribution in [2.45, 2.75) is 125 Å². The first kappa shape index (κ1) is 45.0. The molecule has 11 rings (SSSR count). The van der Waals surface area contributed by atoms with Crippen molar-refractivity contribution in [3.63, 3.8) is 0 Å². The highest BCUT2D eigenvalue weighted by atomic mass is 19.3. The molecule has 0 spiro atoms. The summed E-state index contributed by atoms with van der Waals surface area (Å²) in [5, 5.41) is 16.7. The third-order valence-electron chi connectivity index (χ3n) is 16.0. The van der Waals surface area contributed by atoms with E-state index in [1.54, 1.807) is 17.3 Å². The number of alkyl carbamates (subject to hydrolysis) is 1. The molecular formula is C51H54F4N8O6. The third kappa shape index (κ3) is 8.79. The molecule has 2 saturated heterocycles. The Labute approximate surface area is 395 Å². The topological polar surface area (TPSA) is 186 Å². The normalized spacial score (nSPS) is 26.7. The SMILES string of the molecule is COC(=O)N[C@H](C(=O)N1[C@@H]2C[C@@H]2C[C@H]1c1ncc(-c2ccc3cc(-c4ccc(-c5cnc([C@@H]6C[C@H]7C[C@H]7N6C(=O)[C@@H](NC(=O)O)C6CCC(F)(F)CC6)[nH]5)cc4)ccc3c2)[nH]1)C1CCC(F)(F)CC1. The largest absolute Gasteiger partial charge is 0.465 e. The van der Waals surface area contributed by atoms with Gasteiger partial charge in [0.1, 0.15) is 23.7 Å². The van der Waals surface area contributed by atoms with E-state index >= 15 is 0 Å². The number of ether oxygens (including phenoxy) is 1. The van der Waals surface area contributed by atoms with Crippen molar-refractivity contribution in [2.24, 2.45) is 23.7 Å².